The van der Waals surface area contributed by atoms with E-state index in [-0.39, 0.29) is 17.2 Å². The second-order valence-electron chi connectivity index (χ2n) is 5.50. The van der Waals surface area contributed by atoms with E-state index in [0.29, 0.717) is 17.4 Å². The molecule has 1 aliphatic rings. The lowest BCUT2D eigenvalue weighted by Crippen LogP contribution is -2.42. The van der Waals surface area contributed by atoms with E-state index in [1.165, 1.54) is 18.6 Å². The van der Waals surface area contributed by atoms with Gasteiger partial charge in [0.15, 0.2) is 0 Å². The molecular weight excluding hydrogens is 298 g/mol. The van der Waals surface area contributed by atoms with E-state index >= 15 is 0 Å². The number of hydrogen-bond donors (Lipinski definition) is 1. The molecule has 1 saturated heterocycles. The zero-order valence-electron chi connectivity index (χ0n) is 13.0. The highest BCUT2D eigenvalue weighted by atomic mass is 16.5. The lowest BCUT2D eigenvalue weighted by molar-refractivity contribution is 0.0338. The third-order valence-electron chi connectivity index (χ3n) is 3.95. The summed E-state index contributed by atoms with van der Waals surface area (Å²) in [6, 6.07) is 1.49. The predicted octanol–water partition coefficient (Wildman–Crippen LogP) is -0.278. The van der Waals surface area contributed by atoms with E-state index in [0.717, 1.165) is 32.8 Å². The Morgan fingerprint density at radius 1 is 1.39 bits per heavy atom. The quantitative estimate of drug-likeness (QED) is 0.834. The van der Waals surface area contributed by atoms with E-state index < -0.39 is 0 Å². The normalized spacial score (nSPS) is 15.7. The first-order valence-electron chi connectivity index (χ1n) is 7.54. The van der Waals surface area contributed by atoms with Crippen molar-refractivity contribution < 1.29 is 9.53 Å². The molecule has 1 aliphatic heterocycles. The first kappa shape index (κ1) is 15.6. The van der Waals surface area contributed by atoms with Crippen LogP contribution in [0, 0.1) is 0 Å². The topological polar surface area (TPSA) is 91.4 Å². The van der Waals surface area contributed by atoms with Gasteiger partial charge in [0.2, 0.25) is 0 Å². The van der Waals surface area contributed by atoms with Gasteiger partial charge in [-0.1, -0.05) is 0 Å². The van der Waals surface area contributed by atoms with Gasteiger partial charge in [-0.2, -0.15) is 0 Å². The molecule has 0 aromatic carbocycles. The molecule has 1 fully saturated rings. The van der Waals surface area contributed by atoms with Crippen molar-refractivity contribution in [3.8, 4) is 0 Å². The van der Waals surface area contributed by atoms with Crippen molar-refractivity contribution in [3.05, 3.63) is 34.6 Å². The van der Waals surface area contributed by atoms with Crippen molar-refractivity contribution in [1.29, 1.82) is 0 Å². The number of hydrogen-bond acceptors (Lipinski definition) is 6. The summed E-state index contributed by atoms with van der Waals surface area (Å²) in [7, 11) is 1.74. The molecular formula is C15H19N5O3. The summed E-state index contributed by atoms with van der Waals surface area (Å²) in [5, 5.41) is 0.368. The van der Waals surface area contributed by atoms with E-state index in [4.69, 9.17) is 4.74 Å². The number of carbonyl (C=O) groups is 1. The highest BCUT2D eigenvalue weighted by Crippen LogP contribution is 2.08. The van der Waals surface area contributed by atoms with Crippen molar-refractivity contribution in [2.75, 3.05) is 46.4 Å². The second-order valence-corrected chi connectivity index (χ2v) is 5.50. The van der Waals surface area contributed by atoms with Gasteiger partial charge in [-0.05, 0) is 6.07 Å². The monoisotopic (exact) mass is 317 g/mol. The zero-order chi connectivity index (χ0) is 16.2. The molecule has 3 heterocycles. The van der Waals surface area contributed by atoms with E-state index in [1.807, 2.05) is 0 Å². The number of amides is 1. The Bertz CT molecular complexity index is 754. The number of ether oxygens (including phenoxy) is 1. The Morgan fingerprint density at radius 2 is 2.17 bits per heavy atom. The van der Waals surface area contributed by atoms with Crippen molar-refractivity contribution in [2.24, 2.45) is 0 Å². The zero-order valence-corrected chi connectivity index (χ0v) is 13.0. The molecule has 0 bridgehead atoms. The summed E-state index contributed by atoms with van der Waals surface area (Å²) in [6.07, 6.45) is 2.77. The molecule has 2 aromatic heterocycles. The van der Waals surface area contributed by atoms with Gasteiger partial charge in [-0.3, -0.25) is 14.5 Å². The summed E-state index contributed by atoms with van der Waals surface area (Å²) in [5.41, 5.74) is 0.448. The van der Waals surface area contributed by atoms with Crippen LogP contribution < -0.4 is 5.56 Å². The molecule has 8 nitrogen and oxygen atoms in total. The summed E-state index contributed by atoms with van der Waals surface area (Å²) < 4.78 is 5.30. The Hall–Kier alpha value is -2.32. The predicted molar refractivity (Wildman–Crippen MR) is 84.4 cm³/mol. The number of morpholine rings is 1. The van der Waals surface area contributed by atoms with Gasteiger partial charge >= 0.3 is 0 Å². The van der Waals surface area contributed by atoms with Crippen LogP contribution in [0.25, 0.3) is 10.9 Å². The highest BCUT2D eigenvalue weighted by molar-refractivity contribution is 5.95. The molecule has 0 atom stereocenters. The van der Waals surface area contributed by atoms with Gasteiger partial charge in [-0.25, -0.2) is 9.97 Å². The number of pyridine rings is 1. The van der Waals surface area contributed by atoms with Crippen molar-refractivity contribution in [3.63, 3.8) is 0 Å². The molecule has 23 heavy (non-hydrogen) atoms. The average molecular weight is 317 g/mol. The van der Waals surface area contributed by atoms with Gasteiger partial charge in [0.05, 0.1) is 36.6 Å². The Balaban J connectivity index is 1.69. The van der Waals surface area contributed by atoms with Gasteiger partial charge in [0.1, 0.15) is 5.69 Å². The van der Waals surface area contributed by atoms with E-state index in [1.54, 1.807) is 11.9 Å². The second kappa shape index (κ2) is 6.84. The van der Waals surface area contributed by atoms with Gasteiger partial charge in [-0.15, -0.1) is 0 Å². The fraction of sp³-hybridized carbons (Fsp3) is 0.467. The molecule has 3 rings (SSSR count). The molecule has 0 unspecified atom stereocenters. The molecule has 0 radical (unpaired) electrons. The van der Waals surface area contributed by atoms with Crippen molar-refractivity contribution >= 4 is 16.8 Å². The van der Waals surface area contributed by atoms with Crippen LogP contribution in [0.5, 0.6) is 0 Å². The molecule has 122 valence electrons. The fourth-order valence-corrected chi connectivity index (χ4v) is 2.50. The largest absolute Gasteiger partial charge is 0.379 e. The number of carbonyl (C=O) groups excluding carboxylic acids is 1. The molecule has 0 saturated carbocycles. The molecule has 0 spiro atoms. The maximum Gasteiger partial charge on any atom is 0.272 e. The van der Waals surface area contributed by atoms with Gasteiger partial charge < -0.3 is 14.6 Å². The summed E-state index contributed by atoms with van der Waals surface area (Å²) >= 11 is 0. The standard InChI is InChI=1S/C15H19N5O3/c1-19(2-3-20-4-6-23-7-5-20)15(22)12-8-11-13(9-16-12)17-10-18-14(11)21/h8-10H,2-7H2,1H3,(H,17,18,21). The lowest BCUT2D eigenvalue weighted by Gasteiger charge is -2.28. The summed E-state index contributed by atoms with van der Waals surface area (Å²) in [6.45, 7) is 4.64. The van der Waals surface area contributed by atoms with Crippen LogP contribution in [0.4, 0.5) is 0 Å². The SMILES string of the molecule is CN(CCN1CCOCC1)C(=O)c1cc2c(=O)[nH]cnc2cn1. The number of nitrogens with zero attached hydrogens (tertiary/aromatic N) is 4. The third-order valence-corrected chi connectivity index (χ3v) is 3.95. The first-order valence-corrected chi connectivity index (χ1v) is 7.54. The lowest BCUT2D eigenvalue weighted by atomic mass is 10.2. The maximum atomic E-state index is 12.5. The van der Waals surface area contributed by atoms with Crippen molar-refractivity contribution in [1.82, 2.24) is 24.8 Å². The maximum absolute atomic E-state index is 12.5. The van der Waals surface area contributed by atoms with Crippen LogP contribution in [0.1, 0.15) is 10.5 Å². The van der Waals surface area contributed by atoms with Crippen LogP contribution in [-0.4, -0.2) is 77.1 Å². The van der Waals surface area contributed by atoms with Crippen LogP contribution in [-0.2, 0) is 4.74 Å². The Labute approximate surface area is 133 Å². The number of fused-ring (bicyclic) bond motifs is 1. The van der Waals surface area contributed by atoms with Gasteiger partial charge in [0, 0.05) is 33.2 Å². The number of H-pyrrole nitrogens is 1. The third kappa shape index (κ3) is 3.54. The minimum absolute atomic E-state index is 0.205. The number of rotatable bonds is 4. The minimum Gasteiger partial charge on any atom is -0.379 e. The molecule has 0 aliphatic carbocycles. The summed E-state index contributed by atoms with van der Waals surface area (Å²) in [5.74, 6) is -0.205. The highest BCUT2D eigenvalue weighted by Gasteiger charge is 2.17. The van der Waals surface area contributed by atoms with Gasteiger partial charge in [0.25, 0.3) is 11.5 Å². The molecule has 8 heteroatoms. The summed E-state index contributed by atoms with van der Waals surface area (Å²) in [4.78, 5) is 38.8. The van der Waals surface area contributed by atoms with Crippen molar-refractivity contribution in [2.45, 2.75) is 0 Å². The Morgan fingerprint density at radius 3 is 2.96 bits per heavy atom. The fourth-order valence-electron chi connectivity index (χ4n) is 2.50. The van der Waals surface area contributed by atoms with Crippen LogP contribution >= 0.6 is 0 Å². The van der Waals surface area contributed by atoms with Crippen LogP contribution in [0.3, 0.4) is 0 Å². The van der Waals surface area contributed by atoms with E-state index in [2.05, 4.69) is 19.9 Å². The molecule has 2 aromatic rings. The number of aromatic nitrogens is 3. The number of nitrogens with one attached hydrogen (secondary N) is 1. The molecule has 1 amide bonds. The number of aromatic amines is 1. The molecule has 1 N–H and O–H groups in total. The average Bonchev–Trinajstić information content (AvgIpc) is 2.60. The van der Waals surface area contributed by atoms with E-state index in [9.17, 15) is 9.59 Å². The number of likely N-dealkylation sites (N-methyl/N-ethyl adjacent to an activating group) is 1. The minimum atomic E-state index is -0.276. The smallest absolute Gasteiger partial charge is 0.272 e. The Kier molecular flexibility index (Phi) is 4.63. The van der Waals surface area contributed by atoms with Crippen LogP contribution in [0.15, 0.2) is 23.4 Å². The van der Waals surface area contributed by atoms with Crippen LogP contribution in [0.2, 0.25) is 0 Å². The first-order chi connectivity index (χ1) is 11.1.